The molecule has 16 heavy (non-hydrogen) atoms. The van der Waals surface area contributed by atoms with Crippen LogP contribution < -0.4 is 10.6 Å². The molecule has 0 fully saturated rings. The fourth-order valence-corrected chi connectivity index (χ4v) is 0.757. The van der Waals surface area contributed by atoms with Crippen molar-refractivity contribution in [3.8, 4) is 0 Å². The van der Waals surface area contributed by atoms with E-state index in [1.807, 2.05) is 12.2 Å². The minimum Gasteiger partial charge on any atom is -0.309 e. The third kappa shape index (κ3) is 23.3. The average molecular weight is 226 g/mol. The van der Waals surface area contributed by atoms with Crippen molar-refractivity contribution >= 4 is 0 Å². The van der Waals surface area contributed by atoms with E-state index in [9.17, 15) is 0 Å². The van der Waals surface area contributed by atoms with Crippen LogP contribution in [0.3, 0.4) is 0 Å². The number of nitrogens with one attached hydrogen (secondary N) is 2. The summed E-state index contributed by atoms with van der Waals surface area (Å²) >= 11 is 0. The Labute approximate surface area is 102 Å². The van der Waals surface area contributed by atoms with Gasteiger partial charge < -0.3 is 10.6 Å². The lowest BCUT2D eigenvalue weighted by Gasteiger charge is -2.18. The van der Waals surface area contributed by atoms with E-state index in [-0.39, 0.29) is 11.1 Å². The van der Waals surface area contributed by atoms with Crippen LogP contribution in [0.25, 0.3) is 0 Å². The Morgan fingerprint density at radius 1 is 0.750 bits per heavy atom. The summed E-state index contributed by atoms with van der Waals surface area (Å²) in [5, 5.41) is 6.51. The monoisotopic (exact) mass is 226 g/mol. The van der Waals surface area contributed by atoms with Gasteiger partial charge in [-0.3, -0.25) is 0 Å². The Morgan fingerprint density at radius 3 is 1.06 bits per heavy atom. The normalized spacial score (nSPS) is 11.4. The first kappa shape index (κ1) is 17.8. The number of rotatable bonds is 4. The quantitative estimate of drug-likeness (QED) is 0.720. The van der Waals surface area contributed by atoms with Crippen LogP contribution in [0.15, 0.2) is 25.3 Å². The minimum absolute atomic E-state index is 0.230. The Hall–Kier alpha value is -0.600. The third-order valence-corrected chi connectivity index (χ3v) is 1.55. The van der Waals surface area contributed by atoms with Crippen LogP contribution >= 0.6 is 0 Å². The van der Waals surface area contributed by atoms with Crippen LogP contribution in [-0.2, 0) is 0 Å². The predicted molar refractivity (Wildman–Crippen MR) is 75.9 cm³/mol. The Kier molecular flexibility index (Phi) is 9.49. The standard InChI is InChI=1S/2C7H15N/c2*1-5-6-8-7(2,3)4/h2*5,8H,1,6H2,2-4H3. The maximum Gasteiger partial charge on any atom is 0.0137 e. The van der Waals surface area contributed by atoms with Crippen LogP contribution in [0.2, 0.25) is 0 Å². The molecule has 0 radical (unpaired) electrons. The molecule has 0 atom stereocenters. The Morgan fingerprint density at radius 2 is 1.00 bits per heavy atom. The van der Waals surface area contributed by atoms with Crippen molar-refractivity contribution in [2.24, 2.45) is 0 Å². The van der Waals surface area contributed by atoms with Crippen molar-refractivity contribution < 1.29 is 0 Å². The molecule has 0 aromatic rings. The highest BCUT2D eigenvalue weighted by atomic mass is 14.9. The van der Waals surface area contributed by atoms with Crippen molar-refractivity contribution in [1.82, 2.24) is 10.6 Å². The van der Waals surface area contributed by atoms with Gasteiger partial charge in [0.1, 0.15) is 0 Å². The molecule has 0 aromatic heterocycles. The molecule has 0 saturated carbocycles. The summed E-state index contributed by atoms with van der Waals surface area (Å²) in [5.74, 6) is 0. The van der Waals surface area contributed by atoms with Crippen LogP contribution in [0.1, 0.15) is 41.5 Å². The van der Waals surface area contributed by atoms with Gasteiger partial charge in [-0.15, -0.1) is 13.2 Å². The minimum atomic E-state index is 0.230. The second kappa shape index (κ2) is 8.54. The zero-order valence-electron chi connectivity index (χ0n) is 12.0. The van der Waals surface area contributed by atoms with E-state index in [0.717, 1.165) is 13.1 Å². The lowest BCUT2D eigenvalue weighted by molar-refractivity contribution is 0.449. The van der Waals surface area contributed by atoms with Crippen molar-refractivity contribution in [3.63, 3.8) is 0 Å². The molecule has 2 heteroatoms. The topological polar surface area (TPSA) is 24.1 Å². The van der Waals surface area contributed by atoms with Crippen molar-refractivity contribution in [3.05, 3.63) is 25.3 Å². The molecule has 2 nitrogen and oxygen atoms in total. The Balaban J connectivity index is 0. The summed E-state index contributed by atoms with van der Waals surface area (Å²) in [5.41, 5.74) is 0.461. The molecule has 2 N–H and O–H groups in total. The van der Waals surface area contributed by atoms with Gasteiger partial charge in [-0.1, -0.05) is 12.2 Å². The summed E-state index contributed by atoms with van der Waals surface area (Å²) in [7, 11) is 0. The summed E-state index contributed by atoms with van der Waals surface area (Å²) in [6.45, 7) is 21.8. The van der Waals surface area contributed by atoms with Crippen LogP contribution in [0, 0.1) is 0 Å². The van der Waals surface area contributed by atoms with E-state index in [4.69, 9.17) is 0 Å². The molecule has 96 valence electrons. The van der Waals surface area contributed by atoms with E-state index in [2.05, 4.69) is 65.3 Å². The first-order chi connectivity index (χ1) is 7.12. The number of hydrogen-bond donors (Lipinski definition) is 2. The molecule has 0 rings (SSSR count). The maximum absolute atomic E-state index is 3.60. The first-order valence-electron chi connectivity index (χ1n) is 5.84. The van der Waals surface area contributed by atoms with Crippen molar-refractivity contribution in [1.29, 1.82) is 0 Å². The molecule has 0 aromatic carbocycles. The SMILES string of the molecule is C=CCNC(C)(C)C.C=CCNC(C)(C)C. The average Bonchev–Trinajstić information content (AvgIpc) is 2.10. The van der Waals surface area contributed by atoms with Gasteiger partial charge in [0.05, 0.1) is 0 Å². The summed E-state index contributed by atoms with van der Waals surface area (Å²) < 4.78 is 0. The maximum atomic E-state index is 3.60. The van der Waals surface area contributed by atoms with Crippen LogP contribution in [0.4, 0.5) is 0 Å². The molecule has 0 spiro atoms. The second-order valence-electron chi connectivity index (χ2n) is 5.84. The summed E-state index contributed by atoms with van der Waals surface area (Å²) in [4.78, 5) is 0. The fourth-order valence-electron chi connectivity index (χ4n) is 0.757. The van der Waals surface area contributed by atoms with Gasteiger partial charge in [0.2, 0.25) is 0 Å². The first-order valence-corrected chi connectivity index (χ1v) is 5.84. The molecule has 0 bridgehead atoms. The van der Waals surface area contributed by atoms with E-state index in [1.165, 1.54) is 0 Å². The molecular formula is C14H30N2. The van der Waals surface area contributed by atoms with Gasteiger partial charge in [0, 0.05) is 24.2 Å². The van der Waals surface area contributed by atoms with Gasteiger partial charge in [0.15, 0.2) is 0 Å². The fraction of sp³-hybridized carbons (Fsp3) is 0.714. The highest BCUT2D eigenvalue weighted by Crippen LogP contribution is 1.96. The van der Waals surface area contributed by atoms with Gasteiger partial charge in [-0.2, -0.15) is 0 Å². The zero-order valence-corrected chi connectivity index (χ0v) is 12.0. The van der Waals surface area contributed by atoms with Gasteiger partial charge in [-0.05, 0) is 41.5 Å². The van der Waals surface area contributed by atoms with Gasteiger partial charge in [-0.25, -0.2) is 0 Å². The molecule has 0 amide bonds. The molecular weight excluding hydrogens is 196 g/mol. The van der Waals surface area contributed by atoms with E-state index in [0.29, 0.717) is 0 Å². The number of hydrogen-bond acceptors (Lipinski definition) is 2. The smallest absolute Gasteiger partial charge is 0.0137 e. The molecule has 0 unspecified atom stereocenters. The highest BCUT2D eigenvalue weighted by molar-refractivity contribution is 4.78. The molecule has 0 aliphatic carbocycles. The third-order valence-electron chi connectivity index (χ3n) is 1.55. The lowest BCUT2D eigenvalue weighted by atomic mass is 10.1. The lowest BCUT2D eigenvalue weighted by Crippen LogP contribution is -2.35. The van der Waals surface area contributed by atoms with Crippen molar-refractivity contribution in [2.45, 2.75) is 52.6 Å². The van der Waals surface area contributed by atoms with Crippen LogP contribution in [-0.4, -0.2) is 24.2 Å². The molecule has 0 aliphatic rings. The van der Waals surface area contributed by atoms with Crippen LogP contribution in [0.5, 0.6) is 0 Å². The Bertz CT molecular complexity index is 160. The largest absolute Gasteiger partial charge is 0.309 e. The highest BCUT2D eigenvalue weighted by Gasteiger charge is 2.05. The predicted octanol–water partition coefficient (Wildman–Crippen LogP) is 3.12. The van der Waals surface area contributed by atoms with Gasteiger partial charge in [0.25, 0.3) is 0 Å². The molecule has 0 heterocycles. The summed E-state index contributed by atoms with van der Waals surface area (Å²) in [6.07, 6.45) is 3.73. The van der Waals surface area contributed by atoms with Gasteiger partial charge >= 0.3 is 0 Å². The zero-order chi connectivity index (χ0) is 13.2. The van der Waals surface area contributed by atoms with Crippen molar-refractivity contribution in [2.75, 3.05) is 13.1 Å². The summed E-state index contributed by atoms with van der Waals surface area (Å²) in [6, 6.07) is 0. The molecule has 0 aliphatic heterocycles. The van der Waals surface area contributed by atoms with E-state index < -0.39 is 0 Å². The van der Waals surface area contributed by atoms with E-state index >= 15 is 0 Å². The molecule has 0 saturated heterocycles. The van der Waals surface area contributed by atoms with E-state index in [1.54, 1.807) is 0 Å². The second-order valence-corrected chi connectivity index (χ2v) is 5.84.